The Labute approximate surface area is 120 Å². The fraction of sp³-hybridized carbons (Fsp3) is 0.462. The molecule has 0 saturated heterocycles. The number of aromatic nitrogens is 1. The Morgan fingerprint density at radius 3 is 2.78 bits per heavy atom. The van der Waals surface area contributed by atoms with E-state index in [1.165, 1.54) is 0 Å². The van der Waals surface area contributed by atoms with Crippen molar-refractivity contribution in [1.82, 2.24) is 4.98 Å². The minimum atomic E-state index is -1.35. The summed E-state index contributed by atoms with van der Waals surface area (Å²) >= 11 is 3.42. The average molecular weight is 331 g/mol. The molecule has 0 bridgehead atoms. The van der Waals surface area contributed by atoms with Crippen LogP contribution in [0, 0.1) is 0 Å². The Hall–Kier alpha value is -0.520. The molecule has 0 aromatic carbocycles. The van der Waals surface area contributed by atoms with Gasteiger partial charge < -0.3 is 0 Å². The molecule has 0 aliphatic heterocycles. The van der Waals surface area contributed by atoms with E-state index in [1.54, 1.807) is 6.20 Å². The average Bonchev–Trinajstić information content (AvgIpc) is 2.28. The molecular weight excluding hydrogens is 312 g/mol. The molecule has 100 valence electrons. The molecule has 1 aromatic heterocycles. The van der Waals surface area contributed by atoms with Crippen molar-refractivity contribution in [3.8, 4) is 0 Å². The summed E-state index contributed by atoms with van der Waals surface area (Å²) in [5, 5.41) is 5.54. The Morgan fingerprint density at radius 1 is 1.61 bits per heavy atom. The summed E-state index contributed by atoms with van der Waals surface area (Å²) in [5.74, 6) is 0.231. The van der Waals surface area contributed by atoms with Gasteiger partial charge >= 0.3 is 0 Å². The van der Waals surface area contributed by atoms with E-state index in [0.717, 1.165) is 22.9 Å². The van der Waals surface area contributed by atoms with Gasteiger partial charge in [0.2, 0.25) is 0 Å². The van der Waals surface area contributed by atoms with E-state index in [2.05, 4.69) is 27.5 Å². The predicted molar refractivity (Wildman–Crippen MR) is 80.5 cm³/mol. The van der Waals surface area contributed by atoms with Crippen LogP contribution in [0.3, 0.4) is 0 Å². The number of nitrogens with two attached hydrogens (primary N) is 1. The standard InChI is InChI=1S/C13H19BrN2OS/c1-4-5-10(7-13(2,3)18(15)17)11-6-12(14)9-16-8-11/h4,6,8-10H,1,5,7,15H2,2-3H3/t10-,18?/m0/s1. The lowest BCUT2D eigenvalue weighted by atomic mass is 9.88. The first-order valence-corrected chi connectivity index (χ1v) is 7.75. The van der Waals surface area contributed by atoms with Crippen LogP contribution in [0.15, 0.2) is 35.6 Å². The van der Waals surface area contributed by atoms with Crippen LogP contribution in [0.25, 0.3) is 0 Å². The quantitative estimate of drug-likeness (QED) is 0.813. The molecule has 0 spiro atoms. The van der Waals surface area contributed by atoms with Gasteiger partial charge in [-0.1, -0.05) is 6.08 Å². The molecule has 18 heavy (non-hydrogen) atoms. The van der Waals surface area contributed by atoms with Crippen molar-refractivity contribution in [2.75, 3.05) is 0 Å². The maximum absolute atomic E-state index is 11.5. The van der Waals surface area contributed by atoms with Gasteiger partial charge in [-0.25, -0.2) is 4.21 Å². The number of allylic oxidation sites excluding steroid dienone is 1. The van der Waals surface area contributed by atoms with Gasteiger partial charge in [-0.3, -0.25) is 10.1 Å². The van der Waals surface area contributed by atoms with Crippen LogP contribution in [0.4, 0.5) is 0 Å². The molecule has 1 unspecified atom stereocenters. The number of halogens is 1. The second-order valence-electron chi connectivity index (χ2n) is 4.92. The molecule has 0 saturated carbocycles. The summed E-state index contributed by atoms with van der Waals surface area (Å²) in [7, 11) is -1.35. The summed E-state index contributed by atoms with van der Waals surface area (Å²) in [6.07, 6.45) is 7.02. The highest BCUT2D eigenvalue weighted by Crippen LogP contribution is 2.32. The molecule has 5 heteroatoms. The van der Waals surface area contributed by atoms with E-state index in [9.17, 15) is 4.21 Å². The van der Waals surface area contributed by atoms with Crippen molar-refractivity contribution in [3.63, 3.8) is 0 Å². The van der Waals surface area contributed by atoms with Gasteiger partial charge in [0.05, 0.1) is 15.7 Å². The van der Waals surface area contributed by atoms with Crippen LogP contribution in [0.5, 0.6) is 0 Å². The van der Waals surface area contributed by atoms with Gasteiger partial charge in [0.15, 0.2) is 0 Å². The van der Waals surface area contributed by atoms with Gasteiger partial charge in [-0.2, -0.15) is 0 Å². The topological polar surface area (TPSA) is 56.0 Å². The normalized spacial score (nSPS) is 15.1. The van der Waals surface area contributed by atoms with Crippen molar-refractivity contribution in [2.24, 2.45) is 5.14 Å². The Bertz CT molecular complexity index is 448. The predicted octanol–water partition coefficient (Wildman–Crippen LogP) is 3.29. The fourth-order valence-electron chi connectivity index (χ4n) is 1.87. The third kappa shape index (κ3) is 4.30. The molecule has 1 rings (SSSR count). The van der Waals surface area contributed by atoms with Gasteiger partial charge in [0.25, 0.3) is 0 Å². The molecule has 3 nitrogen and oxygen atoms in total. The van der Waals surface area contributed by atoms with Gasteiger partial charge in [0.1, 0.15) is 0 Å². The smallest absolute Gasteiger partial charge is 0.0945 e. The minimum absolute atomic E-state index is 0.231. The van der Waals surface area contributed by atoms with Crippen molar-refractivity contribution in [3.05, 3.63) is 41.2 Å². The van der Waals surface area contributed by atoms with Crippen LogP contribution >= 0.6 is 15.9 Å². The van der Waals surface area contributed by atoms with Crippen molar-refractivity contribution in [1.29, 1.82) is 0 Å². The zero-order valence-electron chi connectivity index (χ0n) is 10.7. The minimum Gasteiger partial charge on any atom is -0.263 e. The van der Waals surface area contributed by atoms with Crippen LogP contribution in [-0.2, 0) is 11.0 Å². The summed E-state index contributed by atoms with van der Waals surface area (Å²) < 4.78 is 12.1. The number of nitrogens with zero attached hydrogens (tertiary/aromatic N) is 1. The molecule has 0 amide bonds. The van der Waals surface area contributed by atoms with Crippen molar-refractivity contribution < 1.29 is 4.21 Å². The second-order valence-corrected chi connectivity index (χ2v) is 7.53. The largest absolute Gasteiger partial charge is 0.263 e. The first kappa shape index (κ1) is 15.5. The Kier molecular flexibility index (Phi) is 5.69. The van der Waals surface area contributed by atoms with E-state index < -0.39 is 15.7 Å². The molecule has 0 aliphatic carbocycles. The van der Waals surface area contributed by atoms with Crippen LogP contribution < -0.4 is 5.14 Å². The number of pyridine rings is 1. The summed E-state index contributed by atoms with van der Waals surface area (Å²) in [5.41, 5.74) is 1.11. The van der Waals surface area contributed by atoms with E-state index in [1.807, 2.05) is 32.2 Å². The Balaban J connectivity index is 2.96. The van der Waals surface area contributed by atoms with E-state index in [-0.39, 0.29) is 5.92 Å². The lowest BCUT2D eigenvalue weighted by Gasteiger charge is -2.27. The highest BCUT2D eigenvalue weighted by atomic mass is 79.9. The zero-order chi connectivity index (χ0) is 13.8. The first-order chi connectivity index (χ1) is 8.36. The molecule has 2 N–H and O–H groups in total. The highest BCUT2D eigenvalue weighted by molar-refractivity contribution is 9.10. The van der Waals surface area contributed by atoms with Gasteiger partial charge in [-0.15, -0.1) is 6.58 Å². The van der Waals surface area contributed by atoms with Crippen LogP contribution in [-0.4, -0.2) is 13.9 Å². The lowest BCUT2D eigenvalue weighted by molar-refractivity contribution is 0.519. The third-order valence-electron chi connectivity index (χ3n) is 2.93. The molecule has 0 aliphatic rings. The van der Waals surface area contributed by atoms with Crippen LogP contribution in [0.1, 0.15) is 38.2 Å². The van der Waals surface area contributed by atoms with E-state index >= 15 is 0 Å². The third-order valence-corrected chi connectivity index (χ3v) is 4.62. The number of rotatable bonds is 6. The summed E-state index contributed by atoms with van der Waals surface area (Å²) in [4.78, 5) is 4.17. The molecule has 1 aromatic rings. The SMILES string of the molecule is C=CC[C@@H](CC(C)(C)S(N)=O)c1cncc(Br)c1. The number of hydrogen-bond donors (Lipinski definition) is 1. The van der Waals surface area contributed by atoms with Crippen molar-refractivity contribution >= 4 is 26.9 Å². The van der Waals surface area contributed by atoms with E-state index in [4.69, 9.17) is 5.14 Å². The van der Waals surface area contributed by atoms with Gasteiger partial charge in [0, 0.05) is 16.9 Å². The highest BCUT2D eigenvalue weighted by Gasteiger charge is 2.28. The first-order valence-electron chi connectivity index (χ1n) is 5.74. The van der Waals surface area contributed by atoms with Gasteiger partial charge in [-0.05, 0) is 60.2 Å². The fourth-order valence-corrected chi connectivity index (χ4v) is 2.61. The molecule has 2 atom stereocenters. The lowest BCUT2D eigenvalue weighted by Crippen LogP contribution is -2.33. The van der Waals surface area contributed by atoms with Crippen LogP contribution in [0.2, 0.25) is 0 Å². The Morgan fingerprint density at radius 2 is 2.28 bits per heavy atom. The maximum Gasteiger partial charge on any atom is 0.0945 e. The van der Waals surface area contributed by atoms with Crippen molar-refractivity contribution in [2.45, 2.75) is 37.4 Å². The molecule has 0 radical (unpaired) electrons. The monoisotopic (exact) mass is 330 g/mol. The maximum atomic E-state index is 11.5. The molecule has 0 fully saturated rings. The zero-order valence-corrected chi connectivity index (χ0v) is 13.1. The summed E-state index contributed by atoms with van der Waals surface area (Å²) in [6.45, 7) is 7.63. The second kappa shape index (κ2) is 6.59. The molecular formula is C13H19BrN2OS. The number of hydrogen-bond acceptors (Lipinski definition) is 2. The van der Waals surface area contributed by atoms with E-state index in [0.29, 0.717) is 0 Å². The summed E-state index contributed by atoms with van der Waals surface area (Å²) in [6, 6.07) is 2.04. The molecule has 1 heterocycles.